The summed E-state index contributed by atoms with van der Waals surface area (Å²) in [4.78, 5) is 13.3. The Balaban J connectivity index is 0.00000469. The number of ether oxygens (including phenoxy) is 8. The van der Waals surface area contributed by atoms with E-state index in [0.717, 1.165) is 22.3 Å². The number of carbonyl (C=O) groups excluding carboxylic acids is 1. The first-order valence-corrected chi connectivity index (χ1v) is 24.7. The molecule has 2 heterocycles. The van der Waals surface area contributed by atoms with E-state index >= 15 is 0 Å². The van der Waals surface area contributed by atoms with Crippen LogP contribution in [0.1, 0.15) is 34.7 Å². The molecule has 0 aromatic heterocycles. The molecule has 2 fully saturated rings. The minimum absolute atomic E-state index is 0. The third kappa shape index (κ3) is 19.0. The van der Waals surface area contributed by atoms with E-state index < -0.39 is 101 Å². The molecule has 71 heavy (non-hydrogen) atoms. The minimum Gasteiger partial charge on any atom is -0.726 e. The van der Waals surface area contributed by atoms with E-state index in [0.29, 0.717) is 5.56 Å². The first kappa shape index (κ1) is 58.9. The molecule has 5 aromatic carbocycles. The molecule has 10 atom stereocenters. The first-order valence-electron chi connectivity index (χ1n) is 22.0. The van der Waals surface area contributed by atoms with Crippen LogP contribution in [0, 0.1) is 0 Å². The van der Waals surface area contributed by atoms with Crippen LogP contribution >= 0.6 is 0 Å². The molecule has 0 bridgehead atoms. The van der Waals surface area contributed by atoms with Crippen molar-refractivity contribution in [3.8, 4) is 0 Å². The zero-order valence-electron chi connectivity index (χ0n) is 39.4. The van der Waals surface area contributed by atoms with Crippen molar-refractivity contribution in [3.63, 3.8) is 0 Å². The van der Waals surface area contributed by atoms with Crippen LogP contribution in [-0.2, 0) is 105 Å². The SMILES string of the molecule is CC(=O)N[C@H]1[C@H](O[C@H]2[C@@H](OCc3ccccc3)[C@@H](COS(=O)(=O)[O-])O[C@@H](OCc3ccccc3)[C@@H]2OCc2ccccc2)O[C@H](COS(=O)(=O)[O-])[C@@H](OCc2ccccc2)[C@@H]1OCc1ccccc1.[Na+].[Na+]. The van der Waals surface area contributed by atoms with Gasteiger partial charge < -0.3 is 52.3 Å². The van der Waals surface area contributed by atoms with Crippen molar-refractivity contribution in [1.82, 2.24) is 5.32 Å². The van der Waals surface area contributed by atoms with Gasteiger partial charge in [0.2, 0.25) is 26.7 Å². The molecule has 7 rings (SSSR count). The molecule has 2 saturated heterocycles. The number of nitrogens with one attached hydrogen (secondary N) is 1. The van der Waals surface area contributed by atoms with Crippen LogP contribution < -0.4 is 64.4 Å². The molecule has 0 saturated carbocycles. The van der Waals surface area contributed by atoms with Crippen molar-refractivity contribution < 1.29 is 136 Å². The predicted octanol–water partition coefficient (Wildman–Crippen LogP) is -1.15. The van der Waals surface area contributed by atoms with Crippen molar-refractivity contribution in [2.24, 2.45) is 0 Å². The molecule has 0 aliphatic carbocycles. The molecule has 5 aromatic rings. The minimum atomic E-state index is -5.31. The van der Waals surface area contributed by atoms with Crippen molar-refractivity contribution in [1.29, 1.82) is 0 Å². The Morgan fingerprint density at radius 3 is 1.13 bits per heavy atom. The van der Waals surface area contributed by atoms with Crippen LogP contribution in [0.15, 0.2) is 152 Å². The molecule has 2 aliphatic rings. The monoisotopic (exact) mass is 1040 g/mol. The molecule has 2 aliphatic heterocycles. The van der Waals surface area contributed by atoms with Crippen molar-refractivity contribution >= 4 is 26.7 Å². The van der Waals surface area contributed by atoms with Crippen LogP contribution in [0.4, 0.5) is 0 Å². The molecule has 22 heteroatoms. The van der Waals surface area contributed by atoms with Gasteiger partial charge in [-0.2, -0.15) is 0 Å². The summed E-state index contributed by atoms with van der Waals surface area (Å²) in [7, 11) is -10.6. The standard InChI is InChI=1S/C49H55NO17S2.2Na/c1-34(51)50-42-45(60-29-37-21-11-4-12-22-37)43(58-27-35-17-7-2-8-18-35)40(32-63-68(52,53)54)65-48(42)67-46-44(59-28-36-19-9-3-10-20-36)41(33-64-69(55,56)57)66-49(62-31-39-25-15-6-16-26-39)47(46)61-30-38-23-13-5-14-24-38;;/h2-26,40-49H,27-33H2,1H3,(H,50,51)(H,52,53,54)(H,55,56,57);;/q;2*+1/p-2/t40-,41-,42-,43-,44+,45-,46+,47-,48+,49-;;/m1../s1. The zero-order chi connectivity index (χ0) is 48.6. The Morgan fingerprint density at radius 2 is 0.775 bits per heavy atom. The van der Waals surface area contributed by atoms with E-state index in [1.54, 1.807) is 48.5 Å². The van der Waals surface area contributed by atoms with Gasteiger partial charge in [0.15, 0.2) is 12.6 Å². The number of amides is 1. The number of hydrogen-bond acceptors (Lipinski definition) is 17. The molecular weight excluding hydrogens is 985 g/mol. The van der Waals surface area contributed by atoms with Gasteiger partial charge in [0.25, 0.3) is 0 Å². The number of hydrogen-bond donors (Lipinski definition) is 1. The Morgan fingerprint density at radius 1 is 0.465 bits per heavy atom. The number of carbonyl (C=O) groups is 1. The van der Waals surface area contributed by atoms with Gasteiger partial charge in [0.05, 0.1) is 46.2 Å². The molecule has 0 unspecified atom stereocenters. The van der Waals surface area contributed by atoms with E-state index in [1.165, 1.54) is 6.92 Å². The second-order valence-corrected chi connectivity index (χ2v) is 18.2. The fraction of sp³-hybridized carbons (Fsp3) is 0.367. The van der Waals surface area contributed by atoms with Crippen LogP contribution in [0.25, 0.3) is 0 Å². The maximum atomic E-state index is 13.3. The number of rotatable bonds is 24. The van der Waals surface area contributed by atoms with Crippen LogP contribution in [0.2, 0.25) is 0 Å². The summed E-state index contributed by atoms with van der Waals surface area (Å²) < 4.78 is 135. The van der Waals surface area contributed by atoms with Gasteiger partial charge in [-0.1, -0.05) is 152 Å². The Hall–Kier alpha value is -3.01. The Labute approximate surface area is 458 Å². The fourth-order valence-corrected chi connectivity index (χ4v) is 8.50. The summed E-state index contributed by atoms with van der Waals surface area (Å²) in [5.41, 5.74) is 3.60. The molecule has 370 valence electrons. The van der Waals surface area contributed by atoms with Crippen LogP contribution in [0.3, 0.4) is 0 Å². The van der Waals surface area contributed by atoms with E-state index in [2.05, 4.69) is 5.32 Å². The topological polar surface area (TPSA) is 236 Å². The van der Waals surface area contributed by atoms with Gasteiger partial charge in [0, 0.05) is 6.92 Å². The molecule has 0 radical (unpaired) electrons. The second-order valence-electron chi connectivity index (χ2n) is 16.1. The van der Waals surface area contributed by atoms with E-state index in [4.69, 9.17) is 46.3 Å². The van der Waals surface area contributed by atoms with Gasteiger partial charge in [-0.25, -0.2) is 16.8 Å². The van der Waals surface area contributed by atoms with E-state index in [-0.39, 0.29) is 92.1 Å². The molecular formula is C49H53NNa2O17S2. The summed E-state index contributed by atoms with van der Waals surface area (Å²) in [6, 6.07) is 44.0. The summed E-state index contributed by atoms with van der Waals surface area (Å²) >= 11 is 0. The van der Waals surface area contributed by atoms with Gasteiger partial charge in [-0.05, 0) is 27.8 Å². The van der Waals surface area contributed by atoms with Gasteiger partial charge in [0.1, 0.15) is 48.8 Å². The van der Waals surface area contributed by atoms with E-state index in [9.17, 15) is 30.7 Å². The summed E-state index contributed by atoms with van der Waals surface area (Å²) in [6.45, 7) is -0.758. The van der Waals surface area contributed by atoms with Crippen molar-refractivity contribution in [2.75, 3.05) is 13.2 Å². The first-order chi connectivity index (χ1) is 33.3. The maximum absolute atomic E-state index is 13.3. The largest absolute Gasteiger partial charge is 1.00 e. The van der Waals surface area contributed by atoms with Gasteiger partial charge >= 0.3 is 59.1 Å². The third-order valence-electron chi connectivity index (χ3n) is 11.1. The predicted molar refractivity (Wildman–Crippen MR) is 242 cm³/mol. The van der Waals surface area contributed by atoms with Gasteiger partial charge in [-0.3, -0.25) is 13.2 Å². The van der Waals surface area contributed by atoms with Crippen LogP contribution in [0.5, 0.6) is 0 Å². The normalized spacial score (nSPS) is 24.5. The van der Waals surface area contributed by atoms with E-state index in [1.807, 2.05) is 103 Å². The molecule has 0 spiro atoms. The molecule has 1 amide bonds. The second kappa shape index (κ2) is 29.2. The summed E-state index contributed by atoms with van der Waals surface area (Å²) in [6.07, 6.45) is -12.4. The quantitative estimate of drug-likeness (QED) is 0.0436. The van der Waals surface area contributed by atoms with Gasteiger partial charge in [-0.15, -0.1) is 0 Å². The Bertz CT molecular complexity index is 2550. The van der Waals surface area contributed by atoms with Crippen LogP contribution in [-0.4, -0.2) is 106 Å². The zero-order valence-corrected chi connectivity index (χ0v) is 45.0. The smallest absolute Gasteiger partial charge is 0.726 e. The maximum Gasteiger partial charge on any atom is 1.00 e. The van der Waals surface area contributed by atoms with Crippen molar-refractivity contribution in [2.45, 2.75) is 101 Å². The van der Waals surface area contributed by atoms with Crippen molar-refractivity contribution in [3.05, 3.63) is 179 Å². The molecule has 18 nitrogen and oxygen atoms in total. The summed E-state index contributed by atoms with van der Waals surface area (Å²) in [5.74, 6) is -0.555. The average Bonchev–Trinajstić information content (AvgIpc) is 3.34. The Kier molecular flexibility index (Phi) is 24.2. The molecule has 1 N–H and O–H groups in total. The number of benzene rings is 5. The third-order valence-corrected chi connectivity index (χ3v) is 11.9. The fourth-order valence-electron chi connectivity index (χ4n) is 7.90. The summed E-state index contributed by atoms with van der Waals surface area (Å²) in [5, 5.41) is 2.88. The average molecular weight is 1040 g/mol.